The molecule has 0 radical (unpaired) electrons. The van der Waals surface area contributed by atoms with Crippen LogP contribution in [0.5, 0.6) is 5.75 Å². The van der Waals surface area contributed by atoms with Crippen LogP contribution in [0, 0.1) is 0 Å². The number of ether oxygens (including phenoxy) is 1. The number of hydrogen-bond donors (Lipinski definition) is 1. The lowest BCUT2D eigenvalue weighted by Gasteiger charge is -2.26. The molecule has 0 atom stereocenters. The van der Waals surface area contributed by atoms with Crippen molar-refractivity contribution in [2.45, 2.75) is 32.1 Å². The van der Waals surface area contributed by atoms with E-state index >= 15 is 0 Å². The van der Waals surface area contributed by atoms with Crippen LogP contribution in [-0.4, -0.2) is 46.6 Å². The van der Waals surface area contributed by atoms with E-state index in [1.165, 1.54) is 12.0 Å². The van der Waals surface area contributed by atoms with E-state index in [1.54, 1.807) is 18.2 Å². The fraction of sp³-hybridized carbons (Fsp3) is 0.421. The monoisotopic (exact) mass is 444 g/mol. The Morgan fingerprint density at radius 1 is 1.30 bits per heavy atom. The summed E-state index contributed by atoms with van der Waals surface area (Å²) < 4.78 is 46.8. The third-order valence-corrected chi connectivity index (χ3v) is 5.05. The number of hydrogen-bond acceptors (Lipinski definition) is 5. The molecule has 0 fully saturated rings. The molecule has 1 aliphatic heterocycles. The van der Waals surface area contributed by atoms with Crippen LogP contribution in [0.1, 0.15) is 22.5 Å². The number of ketones is 1. The van der Waals surface area contributed by atoms with Gasteiger partial charge in [-0.25, -0.2) is 0 Å². The normalized spacial score (nSPS) is 14.4. The number of fused-ring (bicyclic) bond motifs is 1. The molecule has 2 N–H and O–H groups in total. The van der Waals surface area contributed by atoms with Gasteiger partial charge in [-0.1, -0.05) is 11.6 Å². The third kappa shape index (κ3) is 4.93. The lowest BCUT2D eigenvalue weighted by Crippen LogP contribution is -2.38. The number of nitrogens with zero attached hydrogens (tertiary/aromatic N) is 3. The zero-order chi connectivity index (χ0) is 22.1. The van der Waals surface area contributed by atoms with Gasteiger partial charge in [-0.3, -0.25) is 19.2 Å². The van der Waals surface area contributed by atoms with Gasteiger partial charge in [-0.15, -0.1) is 0 Å². The first-order chi connectivity index (χ1) is 14.1. The average Bonchev–Trinajstić information content (AvgIpc) is 2.99. The van der Waals surface area contributed by atoms with Gasteiger partial charge in [-0.05, 0) is 18.2 Å². The molecule has 7 nitrogen and oxygen atoms in total. The van der Waals surface area contributed by atoms with Crippen molar-refractivity contribution < 1.29 is 27.5 Å². The first-order valence-corrected chi connectivity index (χ1v) is 9.46. The predicted molar refractivity (Wildman–Crippen MR) is 102 cm³/mol. The maximum atomic E-state index is 13.5. The zero-order valence-corrected chi connectivity index (χ0v) is 16.9. The number of aromatic nitrogens is 2. The van der Waals surface area contributed by atoms with Crippen molar-refractivity contribution in [3.8, 4) is 5.75 Å². The van der Waals surface area contributed by atoms with Crippen LogP contribution >= 0.6 is 11.6 Å². The zero-order valence-electron chi connectivity index (χ0n) is 16.1. The summed E-state index contributed by atoms with van der Waals surface area (Å²) in [6.07, 6.45) is -4.52. The van der Waals surface area contributed by atoms with E-state index in [1.807, 2.05) is 0 Å². The Hall–Kier alpha value is -2.59. The van der Waals surface area contributed by atoms with Crippen LogP contribution in [0.4, 0.5) is 13.2 Å². The molecule has 1 aliphatic rings. The van der Waals surface area contributed by atoms with Crippen molar-refractivity contribution in [3.05, 3.63) is 45.7 Å². The van der Waals surface area contributed by atoms with Gasteiger partial charge in [-0.2, -0.15) is 18.3 Å². The van der Waals surface area contributed by atoms with Crippen LogP contribution in [0.25, 0.3) is 0 Å². The maximum absolute atomic E-state index is 13.5. The summed E-state index contributed by atoms with van der Waals surface area (Å²) in [5.74, 6) is -0.493. The van der Waals surface area contributed by atoms with Crippen molar-refractivity contribution in [3.63, 3.8) is 0 Å². The van der Waals surface area contributed by atoms with Crippen LogP contribution in [0.15, 0.2) is 18.2 Å². The molecule has 11 heteroatoms. The summed E-state index contributed by atoms with van der Waals surface area (Å²) in [6, 6.07) is 4.82. The smallest absolute Gasteiger partial charge is 0.435 e. The van der Waals surface area contributed by atoms with Gasteiger partial charge in [0, 0.05) is 47.8 Å². The number of Topliss-reactive ketones (excluding diaryl/α,β-unsaturated/α-hetero) is 1. The molecule has 0 unspecified atom stereocenters. The van der Waals surface area contributed by atoms with Crippen LogP contribution < -0.4 is 10.5 Å². The van der Waals surface area contributed by atoms with E-state index in [-0.39, 0.29) is 43.8 Å². The largest absolute Gasteiger partial charge is 0.496 e. The molecule has 162 valence electrons. The van der Waals surface area contributed by atoms with Crippen molar-refractivity contribution in [2.24, 2.45) is 5.73 Å². The van der Waals surface area contributed by atoms with Gasteiger partial charge in [0.15, 0.2) is 11.5 Å². The lowest BCUT2D eigenvalue weighted by atomic mass is 10.0. The molecule has 0 saturated carbocycles. The Morgan fingerprint density at radius 3 is 2.67 bits per heavy atom. The summed E-state index contributed by atoms with van der Waals surface area (Å²) in [7, 11) is 1.45. The van der Waals surface area contributed by atoms with Gasteiger partial charge in [0.2, 0.25) is 5.91 Å². The van der Waals surface area contributed by atoms with E-state index in [4.69, 9.17) is 22.1 Å². The van der Waals surface area contributed by atoms with Gasteiger partial charge >= 0.3 is 6.18 Å². The summed E-state index contributed by atoms with van der Waals surface area (Å²) >= 11 is 5.97. The Balaban J connectivity index is 1.85. The van der Waals surface area contributed by atoms with Gasteiger partial charge < -0.3 is 10.5 Å². The van der Waals surface area contributed by atoms with E-state index < -0.39 is 17.8 Å². The standard InChI is InChI=1S/C19H20ClF3N4O3/c1-30-16-3-2-12(20)6-11(16)7-13(28)8-27-15-4-5-26(10-17(24)29)9-14(15)18(25-27)19(21,22)23/h2-3,6H,4-5,7-10H2,1H3,(H2,24,29). The fourth-order valence-corrected chi connectivity index (χ4v) is 3.78. The Labute approximate surface area is 175 Å². The van der Waals surface area contributed by atoms with Crippen LogP contribution in [0.3, 0.4) is 0 Å². The van der Waals surface area contributed by atoms with E-state index in [0.717, 1.165) is 4.68 Å². The first kappa shape index (κ1) is 22.1. The van der Waals surface area contributed by atoms with Crippen molar-refractivity contribution in [2.75, 3.05) is 20.2 Å². The van der Waals surface area contributed by atoms with E-state index in [2.05, 4.69) is 5.10 Å². The SMILES string of the molecule is COc1ccc(Cl)cc1CC(=O)Cn1nc(C(F)(F)F)c2c1CCN(CC(N)=O)C2. The van der Waals surface area contributed by atoms with E-state index in [9.17, 15) is 22.8 Å². The number of primary amides is 1. The molecule has 0 spiro atoms. The molecule has 3 rings (SSSR count). The number of methoxy groups -OCH3 is 1. The van der Waals surface area contributed by atoms with Crippen LogP contribution in [0.2, 0.25) is 5.02 Å². The summed E-state index contributed by atoms with van der Waals surface area (Å²) in [5.41, 5.74) is 4.97. The molecular weight excluding hydrogens is 425 g/mol. The molecule has 0 saturated heterocycles. The first-order valence-electron chi connectivity index (χ1n) is 9.09. The summed E-state index contributed by atoms with van der Waals surface area (Å²) in [4.78, 5) is 25.3. The highest BCUT2D eigenvalue weighted by atomic mass is 35.5. The highest BCUT2D eigenvalue weighted by Crippen LogP contribution is 2.35. The van der Waals surface area contributed by atoms with Gasteiger partial charge in [0.1, 0.15) is 12.3 Å². The number of alkyl halides is 3. The summed E-state index contributed by atoms with van der Waals surface area (Å²) in [5, 5.41) is 4.11. The highest BCUT2D eigenvalue weighted by molar-refractivity contribution is 6.30. The molecule has 1 aromatic carbocycles. The molecule has 2 heterocycles. The molecule has 1 amide bonds. The van der Waals surface area contributed by atoms with Gasteiger partial charge in [0.05, 0.1) is 13.7 Å². The Morgan fingerprint density at radius 2 is 2.03 bits per heavy atom. The van der Waals surface area contributed by atoms with Crippen molar-refractivity contribution in [1.82, 2.24) is 14.7 Å². The molecule has 2 aromatic rings. The quantitative estimate of drug-likeness (QED) is 0.707. The van der Waals surface area contributed by atoms with E-state index in [0.29, 0.717) is 28.6 Å². The minimum Gasteiger partial charge on any atom is -0.496 e. The number of carbonyl (C=O) groups excluding carboxylic acids is 2. The topological polar surface area (TPSA) is 90.5 Å². The van der Waals surface area contributed by atoms with Crippen molar-refractivity contribution in [1.29, 1.82) is 0 Å². The fourth-order valence-electron chi connectivity index (χ4n) is 3.58. The second kappa shape index (κ2) is 8.65. The number of benzene rings is 1. The molecule has 0 bridgehead atoms. The average molecular weight is 445 g/mol. The van der Waals surface area contributed by atoms with Gasteiger partial charge in [0.25, 0.3) is 0 Å². The Bertz CT molecular complexity index is 975. The van der Waals surface area contributed by atoms with Crippen molar-refractivity contribution >= 4 is 23.3 Å². The van der Waals surface area contributed by atoms with Crippen LogP contribution in [-0.2, 0) is 41.7 Å². The minimum atomic E-state index is -4.68. The maximum Gasteiger partial charge on any atom is 0.435 e. The molecule has 0 aliphatic carbocycles. The Kier molecular flexibility index (Phi) is 6.37. The number of amides is 1. The minimum absolute atomic E-state index is 0.0249. The summed E-state index contributed by atoms with van der Waals surface area (Å²) in [6.45, 7) is -0.224. The highest BCUT2D eigenvalue weighted by Gasteiger charge is 2.40. The second-order valence-corrected chi connectivity index (χ2v) is 7.46. The number of halogens is 4. The number of rotatable bonds is 7. The molecular formula is C19H20ClF3N4O3. The second-order valence-electron chi connectivity index (χ2n) is 7.03. The third-order valence-electron chi connectivity index (χ3n) is 4.82. The molecule has 30 heavy (non-hydrogen) atoms. The molecule has 1 aromatic heterocycles. The lowest BCUT2D eigenvalue weighted by molar-refractivity contribution is -0.142. The number of carbonyl (C=O) groups is 2. The number of nitrogens with two attached hydrogens (primary N) is 1. The predicted octanol–water partition coefficient (Wildman–Crippen LogP) is 2.22.